The molecule has 6 nitrogen and oxygen atoms in total. The van der Waals surface area contributed by atoms with Crippen LogP contribution in [0.5, 0.6) is 5.75 Å². The average Bonchev–Trinajstić information content (AvgIpc) is 3.10. The number of ether oxygens (including phenoxy) is 1. The number of hydrogen-bond donors (Lipinski definition) is 2. The maximum atomic E-state index is 13.1. The molecule has 1 amide bonds. The number of fused-ring (bicyclic) bond motifs is 1. The molecule has 172 valence electrons. The van der Waals surface area contributed by atoms with Gasteiger partial charge in [-0.1, -0.05) is 47.5 Å². The highest BCUT2D eigenvalue weighted by Gasteiger charge is 2.32. The third kappa shape index (κ3) is 4.60. The van der Waals surface area contributed by atoms with E-state index in [1.54, 1.807) is 0 Å². The Hall–Kier alpha value is -2.54. The van der Waals surface area contributed by atoms with Crippen molar-refractivity contribution in [1.29, 1.82) is 0 Å². The van der Waals surface area contributed by atoms with Crippen molar-refractivity contribution in [3.63, 3.8) is 0 Å². The molecule has 33 heavy (non-hydrogen) atoms. The number of amides is 1. The molecule has 0 spiro atoms. The average molecular weight is 485 g/mol. The van der Waals surface area contributed by atoms with Crippen LogP contribution in [0.25, 0.3) is 16.9 Å². The lowest BCUT2D eigenvalue weighted by molar-refractivity contribution is -0.126. The molecule has 2 aromatic carbocycles. The second kappa shape index (κ2) is 9.75. The molecule has 3 aromatic rings. The number of halogens is 2. The summed E-state index contributed by atoms with van der Waals surface area (Å²) in [5, 5.41) is 12.8. The van der Waals surface area contributed by atoms with Crippen LogP contribution in [-0.4, -0.2) is 35.4 Å². The lowest BCUT2D eigenvalue weighted by Gasteiger charge is -2.24. The summed E-state index contributed by atoms with van der Waals surface area (Å²) in [5.74, 6) is 0.806. The molecule has 1 aromatic heterocycles. The summed E-state index contributed by atoms with van der Waals surface area (Å²) in [6.45, 7) is 2.31. The maximum absolute atomic E-state index is 13.1. The Morgan fingerprint density at radius 2 is 1.82 bits per heavy atom. The van der Waals surface area contributed by atoms with Crippen LogP contribution >= 0.6 is 23.2 Å². The predicted octanol–water partition coefficient (Wildman–Crippen LogP) is 5.18. The Morgan fingerprint density at radius 1 is 1.06 bits per heavy atom. The Labute approximate surface area is 203 Å². The van der Waals surface area contributed by atoms with Crippen LogP contribution in [0.4, 0.5) is 0 Å². The smallest absolute Gasteiger partial charge is 0.223 e. The molecule has 1 atom stereocenters. The van der Waals surface area contributed by atoms with Crippen molar-refractivity contribution in [2.24, 2.45) is 5.92 Å². The second-order valence-corrected chi connectivity index (χ2v) is 9.35. The van der Waals surface area contributed by atoms with Gasteiger partial charge in [0, 0.05) is 16.5 Å². The van der Waals surface area contributed by atoms with E-state index in [0.717, 1.165) is 61.4 Å². The van der Waals surface area contributed by atoms with E-state index in [-0.39, 0.29) is 17.9 Å². The number of benzene rings is 2. The number of carbonyl (C=O) groups is 1. The first-order valence-corrected chi connectivity index (χ1v) is 12.1. The van der Waals surface area contributed by atoms with Crippen molar-refractivity contribution in [1.82, 2.24) is 20.4 Å². The lowest BCUT2D eigenvalue weighted by atomic mass is 9.96. The number of nitrogens with zero attached hydrogens (tertiary/aromatic N) is 2. The van der Waals surface area contributed by atoms with Crippen molar-refractivity contribution < 1.29 is 9.53 Å². The van der Waals surface area contributed by atoms with Crippen molar-refractivity contribution in [2.75, 3.05) is 19.7 Å². The van der Waals surface area contributed by atoms with Crippen molar-refractivity contribution in [3.05, 3.63) is 64.3 Å². The van der Waals surface area contributed by atoms with E-state index in [1.807, 2.05) is 53.2 Å². The maximum Gasteiger partial charge on any atom is 0.223 e. The number of aromatic nitrogens is 2. The SMILES string of the molecule is O=C(NC1CCCOc2c1nn(-c1ccccc1Cl)c2-c1ccc(Cl)cc1)C1CCNCC1. The van der Waals surface area contributed by atoms with Gasteiger partial charge in [0.25, 0.3) is 0 Å². The summed E-state index contributed by atoms with van der Waals surface area (Å²) < 4.78 is 8.07. The molecule has 5 rings (SSSR count). The van der Waals surface area contributed by atoms with Gasteiger partial charge in [-0.2, -0.15) is 5.10 Å². The number of rotatable bonds is 4. The molecule has 0 radical (unpaired) electrons. The van der Waals surface area contributed by atoms with Gasteiger partial charge in [-0.3, -0.25) is 4.79 Å². The van der Waals surface area contributed by atoms with Crippen LogP contribution in [0.3, 0.4) is 0 Å². The van der Waals surface area contributed by atoms with Crippen LogP contribution in [0.1, 0.15) is 37.4 Å². The van der Waals surface area contributed by atoms with Crippen molar-refractivity contribution in [3.8, 4) is 22.7 Å². The summed E-state index contributed by atoms with van der Waals surface area (Å²) in [5.41, 5.74) is 3.21. The minimum Gasteiger partial charge on any atom is -0.489 e. The van der Waals surface area contributed by atoms with E-state index >= 15 is 0 Å². The van der Waals surface area contributed by atoms with Crippen LogP contribution in [0.15, 0.2) is 48.5 Å². The minimum absolute atomic E-state index is 0.0280. The predicted molar refractivity (Wildman–Crippen MR) is 130 cm³/mol. The molecule has 1 unspecified atom stereocenters. The Balaban J connectivity index is 1.59. The van der Waals surface area contributed by atoms with E-state index in [1.165, 1.54) is 0 Å². The number of hydrogen-bond acceptors (Lipinski definition) is 4. The molecule has 2 aliphatic rings. The monoisotopic (exact) mass is 484 g/mol. The van der Waals surface area contributed by atoms with Gasteiger partial charge in [0.15, 0.2) is 5.75 Å². The number of carbonyl (C=O) groups excluding carboxylic acids is 1. The molecule has 3 heterocycles. The normalized spacial score (nSPS) is 18.8. The first kappa shape index (κ1) is 22.3. The Bertz CT molecular complexity index is 1140. The van der Waals surface area contributed by atoms with Crippen LogP contribution in [-0.2, 0) is 4.79 Å². The summed E-state index contributed by atoms with van der Waals surface area (Å²) in [4.78, 5) is 13.1. The van der Waals surface area contributed by atoms with Gasteiger partial charge in [0.2, 0.25) is 5.91 Å². The highest BCUT2D eigenvalue weighted by Crippen LogP contribution is 2.42. The van der Waals surface area contributed by atoms with Crippen molar-refractivity contribution >= 4 is 29.1 Å². The summed E-state index contributed by atoms with van der Waals surface area (Å²) in [6.07, 6.45) is 3.31. The van der Waals surface area contributed by atoms with Gasteiger partial charge in [0.05, 0.1) is 23.4 Å². The van der Waals surface area contributed by atoms with E-state index in [0.29, 0.717) is 22.4 Å². The van der Waals surface area contributed by atoms with E-state index in [9.17, 15) is 4.79 Å². The zero-order chi connectivity index (χ0) is 22.8. The molecule has 8 heteroatoms. The number of nitrogens with one attached hydrogen (secondary N) is 2. The number of piperidine rings is 1. The zero-order valence-electron chi connectivity index (χ0n) is 18.2. The van der Waals surface area contributed by atoms with Gasteiger partial charge >= 0.3 is 0 Å². The topological polar surface area (TPSA) is 68.2 Å². The lowest BCUT2D eigenvalue weighted by Crippen LogP contribution is -2.39. The van der Waals surface area contributed by atoms with Gasteiger partial charge in [-0.15, -0.1) is 0 Å². The highest BCUT2D eigenvalue weighted by atomic mass is 35.5. The molecule has 0 bridgehead atoms. The molecule has 1 fully saturated rings. The zero-order valence-corrected chi connectivity index (χ0v) is 19.7. The third-order valence-corrected chi connectivity index (χ3v) is 6.88. The first-order valence-electron chi connectivity index (χ1n) is 11.4. The molecule has 2 N–H and O–H groups in total. The van der Waals surface area contributed by atoms with Crippen LogP contribution in [0.2, 0.25) is 10.0 Å². The van der Waals surface area contributed by atoms with Gasteiger partial charge < -0.3 is 15.4 Å². The first-order chi connectivity index (χ1) is 16.1. The third-order valence-electron chi connectivity index (χ3n) is 6.31. The highest BCUT2D eigenvalue weighted by molar-refractivity contribution is 6.32. The second-order valence-electron chi connectivity index (χ2n) is 8.51. The number of para-hydroxylation sites is 1. The van der Waals surface area contributed by atoms with Crippen LogP contribution < -0.4 is 15.4 Å². The summed E-state index contributed by atoms with van der Waals surface area (Å²) in [6, 6.07) is 15.0. The standard InChI is InChI=1S/C25H26Cl2N4O2/c26-18-9-7-16(8-10-18)23-24-22(30-31(23)21-6-2-1-4-19(21)27)20(5-3-15-33-24)29-25(32)17-11-13-28-14-12-17/h1-2,4,6-10,17,20,28H,3,5,11-15H2,(H,29,32). The minimum atomic E-state index is -0.223. The van der Waals surface area contributed by atoms with Crippen molar-refractivity contribution in [2.45, 2.75) is 31.7 Å². The molecule has 0 saturated carbocycles. The molecular weight excluding hydrogens is 459 g/mol. The Kier molecular flexibility index (Phi) is 6.58. The quantitative estimate of drug-likeness (QED) is 0.535. The van der Waals surface area contributed by atoms with Gasteiger partial charge in [-0.25, -0.2) is 4.68 Å². The Morgan fingerprint density at radius 3 is 2.58 bits per heavy atom. The fourth-order valence-electron chi connectivity index (χ4n) is 4.56. The van der Waals surface area contributed by atoms with E-state index in [4.69, 9.17) is 33.0 Å². The van der Waals surface area contributed by atoms with Gasteiger partial charge in [0.1, 0.15) is 11.4 Å². The van der Waals surface area contributed by atoms with Crippen LogP contribution in [0, 0.1) is 5.92 Å². The summed E-state index contributed by atoms with van der Waals surface area (Å²) >= 11 is 12.7. The van der Waals surface area contributed by atoms with E-state index in [2.05, 4.69) is 10.6 Å². The largest absolute Gasteiger partial charge is 0.489 e. The molecule has 0 aliphatic carbocycles. The molecular formula is C25H26Cl2N4O2. The van der Waals surface area contributed by atoms with E-state index < -0.39 is 0 Å². The fraction of sp³-hybridized carbons (Fsp3) is 0.360. The summed E-state index contributed by atoms with van der Waals surface area (Å²) in [7, 11) is 0. The van der Waals surface area contributed by atoms with Gasteiger partial charge in [-0.05, 0) is 63.0 Å². The fourth-order valence-corrected chi connectivity index (χ4v) is 4.90. The molecule has 1 saturated heterocycles. The molecule has 2 aliphatic heterocycles.